The van der Waals surface area contributed by atoms with Gasteiger partial charge in [0.2, 0.25) is 11.8 Å². The summed E-state index contributed by atoms with van der Waals surface area (Å²) >= 11 is 1.71. The number of hydrogen-bond acceptors (Lipinski definition) is 4. The molecule has 0 spiro atoms. The molecule has 0 saturated heterocycles. The molecule has 1 aliphatic carbocycles. The minimum absolute atomic E-state index is 0.184. The van der Waals surface area contributed by atoms with Gasteiger partial charge in [0, 0.05) is 5.41 Å². The van der Waals surface area contributed by atoms with Crippen LogP contribution in [0.25, 0.3) is 0 Å². The van der Waals surface area contributed by atoms with Crippen LogP contribution < -0.4 is 0 Å². The van der Waals surface area contributed by atoms with Gasteiger partial charge in [0.25, 0.3) is 0 Å². The topological polar surface area (TPSA) is 38.9 Å². The van der Waals surface area contributed by atoms with E-state index in [1.807, 2.05) is 6.26 Å². The van der Waals surface area contributed by atoms with Crippen LogP contribution in [-0.2, 0) is 11.2 Å². The Morgan fingerprint density at radius 3 is 2.77 bits per heavy atom. The molecule has 0 unspecified atom stereocenters. The first-order valence-corrected chi connectivity index (χ1v) is 5.96. The Labute approximate surface area is 82.3 Å². The summed E-state index contributed by atoms with van der Waals surface area (Å²) in [5, 5.41) is 8.12. The zero-order valence-corrected chi connectivity index (χ0v) is 8.86. The van der Waals surface area contributed by atoms with Crippen molar-refractivity contribution in [2.75, 3.05) is 6.26 Å². The molecule has 1 aromatic rings. The van der Waals surface area contributed by atoms with Gasteiger partial charge in [-0.15, -0.1) is 10.2 Å². The van der Waals surface area contributed by atoms with Crippen LogP contribution in [0, 0.1) is 0 Å². The SMILES string of the molecule is CSCc1nnc(C2(C)CCC2)o1. The molecule has 0 atom stereocenters. The largest absolute Gasteiger partial charge is 0.424 e. The molecule has 0 amide bonds. The maximum atomic E-state index is 5.59. The van der Waals surface area contributed by atoms with Crippen LogP contribution in [0.5, 0.6) is 0 Å². The van der Waals surface area contributed by atoms with Crippen LogP contribution in [0.4, 0.5) is 0 Å². The predicted molar refractivity (Wildman–Crippen MR) is 52.7 cm³/mol. The molecule has 2 rings (SSSR count). The fourth-order valence-corrected chi connectivity index (χ4v) is 1.96. The van der Waals surface area contributed by atoms with Crippen molar-refractivity contribution in [2.24, 2.45) is 0 Å². The standard InChI is InChI=1S/C9H14N2OS/c1-9(4-3-5-9)8-11-10-7(12-8)6-13-2/h3-6H2,1-2H3. The molecule has 1 aliphatic rings. The molecule has 3 nitrogen and oxygen atoms in total. The smallest absolute Gasteiger partial charge is 0.226 e. The third-order valence-electron chi connectivity index (χ3n) is 2.71. The summed E-state index contributed by atoms with van der Waals surface area (Å²) in [5.74, 6) is 2.42. The van der Waals surface area contributed by atoms with Crippen LogP contribution >= 0.6 is 11.8 Å². The Bertz CT molecular complexity index is 294. The van der Waals surface area contributed by atoms with Gasteiger partial charge < -0.3 is 4.42 Å². The normalized spacial score (nSPS) is 19.8. The number of thioether (sulfide) groups is 1. The summed E-state index contributed by atoms with van der Waals surface area (Å²) in [5.41, 5.74) is 0.184. The van der Waals surface area contributed by atoms with Gasteiger partial charge in [-0.1, -0.05) is 13.3 Å². The molecule has 0 radical (unpaired) electrons. The number of rotatable bonds is 3. The van der Waals surface area contributed by atoms with Crippen molar-refractivity contribution in [3.8, 4) is 0 Å². The fourth-order valence-electron chi connectivity index (χ4n) is 1.60. The Morgan fingerprint density at radius 2 is 2.23 bits per heavy atom. The Balaban J connectivity index is 2.12. The summed E-state index contributed by atoms with van der Waals surface area (Å²) in [7, 11) is 0. The first-order chi connectivity index (χ1) is 6.24. The zero-order valence-electron chi connectivity index (χ0n) is 8.04. The van der Waals surface area contributed by atoms with Crippen molar-refractivity contribution in [3.63, 3.8) is 0 Å². The molecule has 1 heterocycles. The lowest BCUT2D eigenvalue weighted by molar-refractivity contribution is 0.211. The van der Waals surface area contributed by atoms with Crippen LogP contribution in [0.3, 0.4) is 0 Å². The molecule has 1 aromatic heterocycles. The molecule has 1 saturated carbocycles. The molecule has 72 valence electrons. The molecule has 0 aliphatic heterocycles. The summed E-state index contributed by atoms with van der Waals surface area (Å²) in [6, 6.07) is 0. The lowest BCUT2D eigenvalue weighted by Gasteiger charge is -2.34. The van der Waals surface area contributed by atoms with E-state index >= 15 is 0 Å². The van der Waals surface area contributed by atoms with Crippen LogP contribution in [0.1, 0.15) is 38.0 Å². The fraction of sp³-hybridized carbons (Fsp3) is 0.778. The van der Waals surface area contributed by atoms with Gasteiger partial charge in [-0.05, 0) is 19.1 Å². The second kappa shape index (κ2) is 3.33. The lowest BCUT2D eigenvalue weighted by Crippen LogP contribution is -2.30. The van der Waals surface area contributed by atoms with Gasteiger partial charge in [-0.3, -0.25) is 0 Å². The quantitative estimate of drug-likeness (QED) is 0.747. The van der Waals surface area contributed by atoms with Gasteiger partial charge in [-0.2, -0.15) is 11.8 Å². The van der Waals surface area contributed by atoms with Crippen molar-refractivity contribution >= 4 is 11.8 Å². The maximum absolute atomic E-state index is 5.59. The van der Waals surface area contributed by atoms with E-state index in [-0.39, 0.29) is 5.41 Å². The van der Waals surface area contributed by atoms with Crippen molar-refractivity contribution in [2.45, 2.75) is 37.4 Å². The Morgan fingerprint density at radius 1 is 1.46 bits per heavy atom. The molecular formula is C9H14N2OS. The van der Waals surface area contributed by atoms with E-state index in [1.54, 1.807) is 11.8 Å². The highest BCUT2D eigenvalue weighted by Gasteiger charge is 2.38. The van der Waals surface area contributed by atoms with E-state index in [0.29, 0.717) is 0 Å². The van der Waals surface area contributed by atoms with Gasteiger partial charge in [0.05, 0.1) is 5.75 Å². The molecular weight excluding hydrogens is 184 g/mol. The van der Waals surface area contributed by atoms with Crippen LogP contribution in [0.15, 0.2) is 4.42 Å². The predicted octanol–water partition coefficient (Wildman–Crippen LogP) is 2.37. The molecule has 13 heavy (non-hydrogen) atoms. The van der Waals surface area contributed by atoms with Crippen molar-refractivity contribution in [1.82, 2.24) is 10.2 Å². The van der Waals surface area contributed by atoms with E-state index in [0.717, 1.165) is 17.5 Å². The highest BCUT2D eigenvalue weighted by Crippen LogP contribution is 2.42. The third-order valence-corrected chi connectivity index (χ3v) is 3.24. The summed E-state index contributed by atoms with van der Waals surface area (Å²) in [6.45, 7) is 2.20. The molecule has 0 N–H and O–H groups in total. The second-order valence-corrected chi connectivity index (χ2v) is 4.71. The highest BCUT2D eigenvalue weighted by molar-refractivity contribution is 7.97. The van der Waals surface area contributed by atoms with Crippen LogP contribution in [0.2, 0.25) is 0 Å². The van der Waals surface area contributed by atoms with E-state index in [9.17, 15) is 0 Å². The minimum atomic E-state index is 0.184. The van der Waals surface area contributed by atoms with Crippen molar-refractivity contribution in [1.29, 1.82) is 0 Å². The van der Waals surface area contributed by atoms with Crippen molar-refractivity contribution < 1.29 is 4.42 Å². The van der Waals surface area contributed by atoms with Crippen molar-refractivity contribution in [3.05, 3.63) is 11.8 Å². The first-order valence-electron chi connectivity index (χ1n) is 4.56. The van der Waals surface area contributed by atoms with Gasteiger partial charge in [0.15, 0.2) is 0 Å². The number of nitrogens with zero attached hydrogens (tertiary/aromatic N) is 2. The second-order valence-electron chi connectivity index (χ2n) is 3.85. The lowest BCUT2D eigenvalue weighted by atomic mass is 9.70. The van der Waals surface area contributed by atoms with Gasteiger partial charge in [0.1, 0.15) is 0 Å². The van der Waals surface area contributed by atoms with E-state index in [1.165, 1.54) is 19.3 Å². The summed E-state index contributed by atoms with van der Waals surface area (Å²) < 4.78 is 5.59. The third kappa shape index (κ3) is 1.59. The van der Waals surface area contributed by atoms with Gasteiger partial charge in [-0.25, -0.2) is 0 Å². The average molecular weight is 198 g/mol. The first kappa shape index (κ1) is 9.06. The summed E-state index contributed by atoms with van der Waals surface area (Å²) in [4.78, 5) is 0. The van der Waals surface area contributed by atoms with Gasteiger partial charge >= 0.3 is 0 Å². The number of hydrogen-bond donors (Lipinski definition) is 0. The maximum Gasteiger partial charge on any atom is 0.226 e. The molecule has 0 aromatic carbocycles. The highest BCUT2D eigenvalue weighted by atomic mass is 32.2. The van der Waals surface area contributed by atoms with E-state index in [4.69, 9.17) is 4.42 Å². The molecule has 0 bridgehead atoms. The Kier molecular flexibility index (Phi) is 2.32. The summed E-state index contributed by atoms with van der Waals surface area (Å²) in [6.07, 6.45) is 5.70. The van der Waals surface area contributed by atoms with E-state index in [2.05, 4.69) is 17.1 Å². The molecule has 4 heteroatoms. The monoisotopic (exact) mass is 198 g/mol. The Hall–Kier alpha value is -0.510. The molecule has 1 fully saturated rings. The number of aromatic nitrogens is 2. The minimum Gasteiger partial charge on any atom is -0.424 e. The average Bonchev–Trinajstić information content (AvgIpc) is 2.50. The zero-order chi connectivity index (χ0) is 9.31. The van der Waals surface area contributed by atoms with Crippen LogP contribution in [-0.4, -0.2) is 16.5 Å². The van der Waals surface area contributed by atoms with E-state index < -0.39 is 0 Å².